The predicted molar refractivity (Wildman–Crippen MR) is 62.3 cm³/mol. The summed E-state index contributed by atoms with van der Waals surface area (Å²) in [6.07, 6.45) is 1.21. The molecular weight excluding hydrogens is 278 g/mol. The molecule has 76 valence electrons. The Morgan fingerprint density at radius 2 is 2.13 bits per heavy atom. The summed E-state index contributed by atoms with van der Waals surface area (Å²) < 4.78 is 5.39. The Morgan fingerprint density at radius 3 is 2.73 bits per heavy atom. The lowest BCUT2D eigenvalue weighted by Gasteiger charge is -1.99. The SMILES string of the molecule is N#CS/C(Br)=C\C(=O)Oc1ccccc1. The van der Waals surface area contributed by atoms with E-state index in [1.54, 1.807) is 24.3 Å². The smallest absolute Gasteiger partial charge is 0.337 e. The van der Waals surface area contributed by atoms with Crippen LogP contribution >= 0.6 is 27.7 Å². The van der Waals surface area contributed by atoms with Gasteiger partial charge in [-0.3, -0.25) is 0 Å². The van der Waals surface area contributed by atoms with Crippen LogP contribution in [0.4, 0.5) is 0 Å². The number of para-hydroxylation sites is 1. The molecule has 0 aliphatic rings. The molecule has 0 bridgehead atoms. The fraction of sp³-hybridized carbons (Fsp3) is 0. The fourth-order valence-corrected chi connectivity index (χ4v) is 1.45. The van der Waals surface area contributed by atoms with Gasteiger partial charge in [-0.2, -0.15) is 5.26 Å². The topological polar surface area (TPSA) is 50.1 Å². The maximum Gasteiger partial charge on any atom is 0.337 e. The molecule has 15 heavy (non-hydrogen) atoms. The summed E-state index contributed by atoms with van der Waals surface area (Å²) in [6, 6.07) is 8.72. The lowest BCUT2D eigenvalue weighted by atomic mass is 10.3. The Hall–Kier alpha value is -1.25. The monoisotopic (exact) mass is 283 g/mol. The van der Waals surface area contributed by atoms with Crippen molar-refractivity contribution in [3.8, 4) is 11.2 Å². The van der Waals surface area contributed by atoms with Gasteiger partial charge in [-0.1, -0.05) is 18.2 Å². The molecule has 0 N–H and O–H groups in total. The maximum atomic E-state index is 11.2. The number of hydrogen-bond acceptors (Lipinski definition) is 4. The van der Waals surface area contributed by atoms with Crippen LogP contribution in [0.1, 0.15) is 0 Å². The highest BCUT2D eigenvalue weighted by molar-refractivity contribution is 9.14. The number of carbonyl (C=O) groups is 1. The average molecular weight is 284 g/mol. The highest BCUT2D eigenvalue weighted by Crippen LogP contribution is 2.20. The minimum atomic E-state index is -0.518. The first-order valence-electron chi connectivity index (χ1n) is 3.92. The van der Waals surface area contributed by atoms with Gasteiger partial charge < -0.3 is 4.74 Å². The second-order valence-corrected chi connectivity index (χ2v) is 4.58. The average Bonchev–Trinajstić information content (AvgIpc) is 2.19. The molecule has 0 saturated carbocycles. The van der Waals surface area contributed by atoms with E-state index in [0.29, 0.717) is 9.56 Å². The predicted octanol–water partition coefficient (Wildman–Crippen LogP) is 3.04. The van der Waals surface area contributed by atoms with Crippen molar-refractivity contribution in [2.24, 2.45) is 0 Å². The largest absolute Gasteiger partial charge is 0.423 e. The minimum Gasteiger partial charge on any atom is -0.423 e. The van der Waals surface area contributed by atoms with Gasteiger partial charge in [-0.05, 0) is 39.8 Å². The number of hydrogen-bond donors (Lipinski definition) is 0. The maximum absolute atomic E-state index is 11.2. The quantitative estimate of drug-likeness (QED) is 0.370. The molecule has 0 fully saturated rings. The van der Waals surface area contributed by atoms with Crippen LogP contribution < -0.4 is 4.74 Å². The van der Waals surface area contributed by atoms with Gasteiger partial charge in [-0.15, -0.1) is 0 Å². The number of benzene rings is 1. The molecule has 0 saturated heterocycles. The summed E-state index contributed by atoms with van der Waals surface area (Å²) in [5.41, 5.74) is 0. The van der Waals surface area contributed by atoms with Crippen LogP contribution in [0.25, 0.3) is 0 Å². The number of nitrogens with zero attached hydrogens (tertiary/aromatic N) is 1. The van der Waals surface area contributed by atoms with Crippen molar-refractivity contribution in [2.45, 2.75) is 0 Å². The molecule has 1 aromatic carbocycles. The fourth-order valence-electron chi connectivity index (χ4n) is 0.800. The molecule has 0 spiro atoms. The molecule has 0 aliphatic heterocycles. The van der Waals surface area contributed by atoms with Crippen LogP contribution in [0.3, 0.4) is 0 Å². The highest BCUT2D eigenvalue weighted by atomic mass is 79.9. The van der Waals surface area contributed by atoms with Crippen LogP contribution in [-0.4, -0.2) is 5.97 Å². The molecule has 1 aromatic rings. The van der Waals surface area contributed by atoms with Gasteiger partial charge >= 0.3 is 5.97 Å². The summed E-state index contributed by atoms with van der Waals surface area (Å²) >= 11 is 3.91. The first kappa shape index (κ1) is 11.8. The van der Waals surface area contributed by atoms with E-state index in [-0.39, 0.29) is 0 Å². The first-order valence-corrected chi connectivity index (χ1v) is 5.53. The zero-order valence-corrected chi connectivity index (χ0v) is 9.92. The number of esters is 1. The molecule has 0 heterocycles. The van der Waals surface area contributed by atoms with Gasteiger partial charge in [-0.25, -0.2) is 4.79 Å². The Kier molecular flexibility index (Phi) is 4.95. The summed E-state index contributed by atoms with van der Waals surface area (Å²) in [5, 5.41) is 10.2. The van der Waals surface area contributed by atoms with E-state index < -0.39 is 5.97 Å². The van der Waals surface area contributed by atoms with Crippen LogP contribution in [0.15, 0.2) is 40.2 Å². The molecule has 0 atom stereocenters. The highest BCUT2D eigenvalue weighted by Gasteiger charge is 2.02. The number of nitriles is 1. The van der Waals surface area contributed by atoms with E-state index in [9.17, 15) is 4.79 Å². The van der Waals surface area contributed by atoms with Crippen molar-refractivity contribution in [1.29, 1.82) is 5.26 Å². The Labute approximate surface area is 99.9 Å². The van der Waals surface area contributed by atoms with Gasteiger partial charge in [0.05, 0.1) is 3.81 Å². The lowest BCUT2D eigenvalue weighted by molar-refractivity contribution is -0.128. The number of ether oxygens (including phenoxy) is 1. The Morgan fingerprint density at radius 1 is 1.47 bits per heavy atom. The van der Waals surface area contributed by atoms with Gasteiger partial charge in [0, 0.05) is 6.08 Å². The lowest BCUT2D eigenvalue weighted by Crippen LogP contribution is -2.03. The standard InChI is InChI=1S/C10H6BrNO2S/c11-9(15-7-12)6-10(13)14-8-4-2-1-3-5-8/h1-6H/b9-6-. The Bertz CT molecular complexity index is 411. The van der Waals surface area contributed by atoms with Crippen LogP contribution in [0, 0.1) is 10.7 Å². The molecular formula is C10H6BrNO2S. The van der Waals surface area contributed by atoms with E-state index in [4.69, 9.17) is 10.00 Å². The number of rotatable bonds is 3. The zero-order valence-electron chi connectivity index (χ0n) is 7.51. The summed E-state index contributed by atoms with van der Waals surface area (Å²) in [5.74, 6) is -0.0446. The van der Waals surface area contributed by atoms with Crippen molar-refractivity contribution in [3.63, 3.8) is 0 Å². The normalized spacial score (nSPS) is 10.5. The van der Waals surface area contributed by atoms with Crippen LogP contribution in [-0.2, 0) is 4.79 Å². The van der Waals surface area contributed by atoms with Gasteiger partial charge in [0.1, 0.15) is 11.2 Å². The third kappa shape index (κ3) is 4.68. The van der Waals surface area contributed by atoms with E-state index >= 15 is 0 Å². The third-order valence-corrected chi connectivity index (χ3v) is 2.45. The Balaban J connectivity index is 2.58. The number of halogens is 1. The number of thiocyanates is 1. The summed E-state index contributed by atoms with van der Waals surface area (Å²) in [4.78, 5) is 11.2. The number of carbonyl (C=O) groups excluding carboxylic acids is 1. The van der Waals surface area contributed by atoms with E-state index in [1.807, 2.05) is 11.5 Å². The van der Waals surface area contributed by atoms with Crippen LogP contribution in [0.5, 0.6) is 5.75 Å². The van der Waals surface area contributed by atoms with E-state index in [2.05, 4.69) is 15.9 Å². The molecule has 0 amide bonds. The molecule has 0 aromatic heterocycles. The van der Waals surface area contributed by atoms with Crippen molar-refractivity contribution in [1.82, 2.24) is 0 Å². The molecule has 1 rings (SSSR count). The molecule has 5 heteroatoms. The van der Waals surface area contributed by atoms with E-state index in [0.717, 1.165) is 11.8 Å². The van der Waals surface area contributed by atoms with Crippen LogP contribution in [0.2, 0.25) is 0 Å². The van der Waals surface area contributed by atoms with Gasteiger partial charge in [0.2, 0.25) is 0 Å². The second kappa shape index (κ2) is 6.27. The molecule has 0 unspecified atom stereocenters. The second-order valence-electron chi connectivity index (χ2n) is 2.38. The minimum absolute atomic E-state index is 0.422. The molecule has 3 nitrogen and oxygen atoms in total. The molecule has 0 radical (unpaired) electrons. The van der Waals surface area contributed by atoms with Crippen molar-refractivity contribution < 1.29 is 9.53 Å². The summed E-state index contributed by atoms with van der Waals surface area (Å²) in [7, 11) is 0. The third-order valence-electron chi connectivity index (χ3n) is 1.34. The molecule has 0 aliphatic carbocycles. The van der Waals surface area contributed by atoms with Crippen molar-refractivity contribution in [2.75, 3.05) is 0 Å². The zero-order chi connectivity index (χ0) is 11.1. The summed E-state index contributed by atoms with van der Waals surface area (Å²) in [6.45, 7) is 0. The number of thioether (sulfide) groups is 1. The van der Waals surface area contributed by atoms with Crippen molar-refractivity contribution in [3.05, 3.63) is 40.2 Å². The first-order chi connectivity index (χ1) is 7.22. The van der Waals surface area contributed by atoms with Gasteiger partial charge in [0.25, 0.3) is 0 Å². The van der Waals surface area contributed by atoms with Crippen molar-refractivity contribution >= 4 is 33.7 Å². The van der Waals surface area contributed by atoms with E-state index in [1.165, 1.54) is 6.08 Å². The van der Waals surface area contributed by atoms with Gasteiger partial charge in [0.15, 0.2) is 0 Å².